The van der Waals surface area contributed by atoms with Gasteiger partial charge in [0.05, 0.1) is 5.75 Å². The Kier molecular flexibility index (Phi) is 5.06. The first kappa shape index (κ1) is 17.3. The zero-order chi connectivity index (χ0) is 17.9. The molecule has 136 valence electrons. The lowest BCUT2D eigenvalue weighted by Gasteiger charge is -2.20. The van der Waals surface area contributed by atoms with Crippen molar-refractivity contribution in [3.63, 3.8) is 0 Å². The Morgan fingerprint density at radius 2 is 1.88 bits per heavy atom. The molecule has 2 heterocycles. The zero-order valence-corrected chi connectivity index (χ0v) is 16.0. The lowest BCUT2D eigenvalue weighted by molar-refractivity contribution is 0.391. The van der Waals surface area contributed by atoms with E-state index in [1.165, 1.54) is 37.7 Å². The van der Waals surface area contributed by atoms with Gasteiger partial charge in [0, 0.05) is 18.5 Å². The van der Waals surface area contributed by atoms with Crippen LogP contribution in [0.15, 0.2) is 33.9 Å². The standard InChI is InChI=1S/C19H23N5OS/c1-13-8-10-14(11-9-13)17-20-16(25-23-17)12-26-19-22-21-18(24(19)2)15-6-4-3-5-7-15/h8-11,15H,3-7,12H2,1-2H3. The zero-order valence-electron chi connectivity index (χ0n) is 15.2. The lowest BCUT2D eigenvalue weighted by Crippen LogP contribution is -2.10. The number of hydrogen-bond acceptors (Lipinski definition) is 6. The minimum Gasteiger partial charge on any atom is -0.338 e. The summed E-state index contributed by atoms with van der Waals surface area (Å²) < 4.78 is 7.52. The predicted molar refractivity (Wildman–Crippen MR) is 101 cm³/mol. The van der Waals surface area contributed by atoms with Crippen LogP contribution in [0.2, 0.25) is 0 Å². The number of aryl methyl sites for hydroxylation is 1. The van der Waals surface area contributed by atoms with Crippen molar-refractivity contribution in [3.05, 3.63) is 41.5 Å². The van der Waals surface area contributed by atoms with Crippen LogP contribution in [0.25, 0.3) is 11.4 Å². The SMILES string of the molecule is Cc1ccc(-c2noc(CSc3nnc(C4CCCCC4)n3C)n2)cc1. The smallest absolute Gasteiger partial charge is 0.237 e. The highest BCUT2D eigenvalue weighted by molar-refractivity contribution is 7.98. The van der Waals surface area contributed by atoms with Crippen LogP contribution in [0.4, 0.5) is 0 Å². The van der Waals surface area contributed by atoms with Gasteiger partial charge in [0.25, 0.3) is 0 Å². The van der Waals surface area contributed by atoms with Gasteiger partial charge in [-0.05, 0) is 19.8 Å². The molecule has 1 aliphatic rings. The molecule has 7 heteroatoms. The first-order chi connectivity index (χ1) is 12.7. The number of hydrogen-bond donors (Lipinski definition) is 0. The highest BCUT2D eigenvalue weighted by Gasteiger charge is 2.22. The first-order valence-corrected chi connectivity index (χ1v) is 10.1. The van der Waals surface area contributed by atoms with Crippen LogP contribution >= 0.6 is 11.8 Å². The number of nitrogens with zero attached hydrogens (tertiary/aromatic N) is 5. The molecule has 1 saturated carbocycles. The molecule has 0 unspecified atom stereocenters. The molecule has 1 fully saturated rings. The molecule has 3 aromatic rings. The molecule has 0 amide bonds. The molecule has 6 nitrogen and oxygen atoms in total. The number of benzene rings is 1. The van der Waals surface area contributed by atoms with Crippen molar-refractivity contribution in [2.45, 2.75) is 55.9 Å². The van der Waals surface area contributed by atoms with Crippen molar-refractivity contribution < 1.29 is 4.52 Å². The van der Waals surface area contributed by atoms with Crippen molar-refractivity contribution >= 4 is 11.8 Å². The average Bonchev–Trinajstić information content (AvgIpc) is 3.28. The summed E-state index contributed by atoms with van der Waals surface area (Å²) in [6.45, 7) is 2.06. The normalized spacial score (nSPS) is 15.5. The Morgan fingerprint density at radius 3 is 2.65 bits per heavy atom. The second-order valence-electron chi connectivity index (χ2n) is 6.90. The molecule has 4 rings (SSSR count). The average molecular weight is 369 g/mol. The summed E-state index contributed by atoms with van der Waals surface area (Å²) in [5.41, 5.74) is 2.18. The summed E-state index contributed by atoms with van der Waals surface area (Å²) in [6.07, 6.45) is 6.38. The maximum atomic E-state index is 5.39. The largest absolute Gasteiger partial charge is 0.338 e. The molecule has 0 bridgehead atoms. The van der Waals surface area contributed by atoms with Gasteiger partial charge in [-0.2, -0.15) is 4.98 Å². The van der Waals surface area contributed by atoms with E-state index < -0.39 is 0 Å². The van der Waals surface area contributed by atoms with E-state index in [0.29, 0.717) is 23.4 Å². The molecule has 26 heavy (non-hydrogen) atoms. The van der Waals surface area contributed by atoms with E-state index in [0.717, 1.165) is 16.5 Å². The van der Waals surface area contributed by atoms with Crippen molar-refractivity contribution in [3.8, 4) is 11.4 Å². The Morgan fingerprint density at radius 1 is 1.12 bits per heavy atom. The molecule has 2 aromatic heterocycles. The Labute approximate surface area is 157 Å². The molecule has 0 aliphatic heterocycles. The van der Waals surface area contributed by atoms with Crippen LogP contribution in [-0.2, 0) is 12.8 Å². The summed E-state index contributed by atoms with van der Waals surface area (Å²) in [7, 11) is 2.05. The molecule has 0 atom stereocenters. The molecule has 0 spiro atoms. The van der Waals surface area contributed by atoms with Crippen LogP contribution in [0.3, 0.4) is 0 Å². The summed E-state index contributed by atoms with van der Waals surface area (Å²) >= 11 is 1.59. The van der Waals surface area contributed by atoms with Gasteiger partial charge in [0.15, 0.2) is 5.16 Å². The highest BCUT2D eigenvalue weighted by atomic mass is 32.2. The van der Waals surface area contributed by atoms with Gasteiger partial charge >= 0.3 is 0 Å². The van der Waals surface area contributed by atoms with Crippen LogP contribution < -0.4 is 0 Å². The van der Waals surface area contributed by atoms with Crippen LogP contribution in [0.5, 0.6) is 0 Å². The fourth-order valence-corrected chi connectivity index (χ4v) is 4.18. The number of thioether (sulfide) groups is 1. The van der Waals surface area contributed by atoms with Crippen LogP contribution in [0, 0.1) is 6.92 Å². The van der Waals surface area contributed by atoms with Gasteiger partial charge in [0.1, 0.15) is 5.82 Å². The first-order valence-electron chi connectivity index (χ1n) is 9.12. The number of aromatic nitrogens is 5. The molecular weight excluding hydrogens is 346 g/mol. The minimum atomic E-state index is 0.548. The van der Waals surface area contributed by atoms with Crippen LogP contribution in [0.1, 0.15) is 55.3 Å². The van der Waals surface area contributed by atoms with Crippen molar-refractivity contribution in [2.24, 2.45) is 7.05 Å². The second-order valence-corrected chi connectivity index (χ2v) is 7.84. The summed E-state index contributed by atoms with van der Waals surface area (Å²) in [5.74, 6) is 3.48. The second kappa shape index (κ2) is 7.61. The van der Waals surface area contributed by atoms with E-state index in [2.05, 4.69) is 38.9 Å². The fraction of sp³-hybridized carbons (Fsp3) is 0.474. The molecule has 1 aromatic carbocycles. The van der Waals surface area contributed by atoms with E-state index in [-0.39, 0.29) is 0 Å². The van der Waals surface area contributed by atoms with E-state index in [1.807, 2.05) is 24.3 Å². The highest BCUT2D eigenvalue weighted by Crippen LogP contribution is 2.33. The summed E-state index contributed by atoms with van der Waals surface area (Å²) in [4.78, 5) is 4.50. The van der Waals surface area contributed by atoms with E-state index in [9.17, 15) is 0 Å². The van der Waals surface area contributed by atoms with E-state index in [4.69, 9.17) is 4.52 Å². The maximum Gasteiger partial charge on any atom is 0.237 e. The van der Waals surface area contributed by atoms with Crippen molar-refractivity contribution in [2.75, 3.05) is 0 Å². The van der Waals surface area contributed by atoms with Gasteiger partial charge in [-0.3, -0.25) is 0 Å². The Hall–Kier alpha value is -2.15. The Bertz CT molecular complexity index is 864. The van der Waals surface area contributed by atoms with Gasteiger partial charge < -0.3 is 9.09 Å². The molecule has 0 radical (unpaired) electrons. The Balaban J connectivity index is 1.41. The van der Waals surface area contributed by atoms with E-state index >= 15 is 0 Å². The van der Waals surface area contributed by atoms with Crippen molar-refractivity contribution in [1.29, 1.82) is 0 Å². The maximum absolute atomic E-state index is 5.39. The van der Waals surface area contributed by atoms with Gasteiger partial charge in [-0.25, -0.2) is 0 Å². The molecule has 0 N–H and O–H groups in total. The minimum absolute atomic E-state index is 0.548. The van der Waals surface area contributed by atoms with Gasteiger partial charge in [-0.15, -0.1) is 10.2 Å². The topological polar surface area (TPSA) is 69.6 Å². The molecular formula is C19H23N5OS. The lowest BCUT2D eigenvalue weighted by atomic mass is 9.89. The van der Waals surface area contributed by atoms with Crippen LogP contribution in [-0.4, -0.2) is 24.9 Å². The third-order valence-corrected chi connectivity index (χ3v) is 5.95. The predicted octanol–water partition coefficient (Wildman–Crippen LogP) is 4.51. The third kappa shape index (κ3) is 3.67. The van der Waals surface area contributed by atoms with Gasteiger partial charge in [0.2, 0.25) is 11.7 Å². The summed E-state index contributed by atoms with van der Waals surface area (Å²) in [5, 5.41) is 13.8. The molecule has 1 aliphatic carbocycles. The van der Waals surface area contributed by atoms with Crippen molar-refractivity contribution in [1.82, 2.24) is 24.9 Å². The molecule has 0 saturated heterocycles. The van der Waals surface area contributed by atoms with E-state index in [1.54, 1.807) is 11.8 Å². The monoisotopic (exact) mass is 369 g/mol. The fourth-order valence-electron chi connectivity index (χ4n) is 3.43. The van der Waals surface area contributed by atoms with Gasteiger partial charge in [-0.1, -0.05) is 66.0 Å². The summed E-state index contributed by atoms with van der Waals surface area (Å²) in [6, 6.07) is 8.12. The third-order valence-electron chi connectivity index (χ3n) is 4.94. The quantitative estimate of drug-likeness (QED) is 0.616. The number of rotatable bonds is 5.